The van der Waals surface area contributed by atoms with E-state index in [4.69, 9.17) is 9.47 Å². The molecule has 0 bridgehead atoms. The highest BCUT2D eigenvalue weighted by Gasteiger charge is 2.66. The zero-order chi connectivity index (χ0) is 34.4. The number of ether oxygens (including phenoxy) is 2. The molecule has 1 aromatic rings. The molecule has 3 N–H and O–H groups in total. The maximum Gasteiger partial charge on any atom is 0.224 e. The summed E-state index contributed by atoms with van der Waals surface area (Å²) in [6.07, 6.45) is 14.6. The summed E-state index contributed by atoms with van der Waals surface area (Å²) in [4.78, 5) is 13.9. The lowest BCUT2D eigenvalue weighted by molar-refractivity contribution is -0.171. The van der Waals surface area contributed by atoms with E-state index < -0.39 is 22.9 Å². The van der Waals surface area contributed by atoms with Crippen molar-refractivity contribution in [1.29, 1.82) is 0 Å². The number of allylic oxidation sites excluding steroid dienone is 2. The van der Waals surface area contributed by atoms with Crippen LogP contribution in [-0.2, 0) is 9.53 Å². The maximum absolute atomic E-state index is 13.9. The van der Waals surface area contributed by atoms with Gasteiger partial charge in [-0.15, -0.1) is 0 Å². The fraction of sp³-hybridized carbons (Fsp3) is 0.690. The first-order valence-corrected chi connectivity index (χ1v) is 18.7. The molecule has 6 nitrogen and oxygen atoms in total. The Morgan fingerprint density at radius 2 is 1.29 bits per heavy atom. The number of benzene rings is 1. The molecule has 0 aromatic heterocycles. The Morgan fingerprint density at radius 3 is 1.96 bits per heavy atom. The number of aliphatic hydroxyl groups excluding tert-OH is 1. The molecule has 2 heterocycles. The number of ketones is 1. The van der Waals surface area contributed by atoms with Crippen LogP contribution in [0.4, 0.5) is 0 Å². The fourth-order valence-corrected chi connectivity index (χ4v) is 13.7. The Balaban J connectivity index is 1.37. The van der Waals surface area contributed by atoms with Crippen LogP contribution in [0.25, 0.3) is 0 Å². The Morgan fingerprint density at radius 1 is 0.708 bits per heavy atom. The number of fused-ring (bicyclic) bond motifs is 8. The van der Waals surface area contributed by atoms with Gasteiger partial charge in [0.05, 0.1) is 0 Å². The zero-order valence-electron chi connectivity index (χ0n) is 30.3. The summed E-state index contributed by atoms with van der Waals surface area (Å²) in [6, 6.07) is 3.14. The minimum atomic E-state index is -0.614. The Labute approximate surface area is 286 Å². The van der Waals surface area contributed by atoms with E-state index in [2.05, 4.69) is 61.5 Å². The van der Waals surface area contributed by atoms with E-state index in [0.29, 0.717) is 28.9 Å². The first kappa shape index (κ1) is 32.3. The highest BCUT2D eigenvalue weighted by atomic mass is 16.5. The molecular weight excluding hydrogens is 600 g/mol. The monoisotopic (exact) mass is 656 g/mol. The number of carbonyl (C=O) groups is 1. The summed E-state index contributed by atoms with van der Waals surface area (Å²) < 4.78 is 14.0. The van der Waals surface area contributed by atoms with E-state index >= 15 is 0 Å². The number of carbonyl (C=O) groups excluding carboxylic acids is 1. The second kappa shape index (κ2) is 9.88. The van der Waals surface area contributed by atoms with Gasteiger partial charge in [-0.3, -0.25) is 4.79 Å². The van der Waals surface area contributed by atoms with E-state index in [1.54, 1.807) is 6.07 Å². The smallest absolute Gasteiger partial charge is 0.224 e. The van der Waals surface area contributed by atoms with Gasteiger partial charge in [-0.2, -0.15) is 0 Å². The summed E-state index contributed by atoms with van der Waals surface area (Å²) in [7, 11) is 0. The minimum Gasteiger partial charge on any atom is -0.504 e. The molecule has 9 atom stereocenters. The van der Waals surface area contributed by atoms with Crippen LogP contribution in [0.1, 0.15) is 131 Å². The van der Waals surface area contributed by atoms with Crippen LogP contribution in [0, 0.1) is 45.3 Å². The lowest BCUT2D eigenvalue weighted by atomic mass is 9.42. The van der Waals surface area contributed by atoms with Crippen LogP contribution in [0.5, 0.6) is 17.2 Å². The summed E-state index contributed by atoms with van der Waals surface area (Å²) >= 11 is 0. The molecule has 1 aromatic carbocycles. The van der Waals surface area contributed by atoms with Gasteiger partial charge in [0.15, 0.2) is 17.3 Å². The Hall–Kier alpha value is -2.89. The van der Waals surface area contributed by atoms with Gasteiger partial charge in [0.2, 0.25) is 5.78 Å². The Bertz CT molecular complexity index is 1690. The standard InChI is InChI=1S/C42H56O6/c1-37(2)13-9-15-39(5)30(37)11-17-41(7)32(39)20-24-29(47-41)22-27(45)35(46)33(24)34-23-19-25(43)26(44)21-28(23)48-42(8)18-12-31-38(3,4)14-10-16-40(31,6)36(34)42/h19-22,30-32,34,36,43-44,46H,9-18H2,1-8H3. The van der Waals surface area contributed by atoms with Crippen molar-refractivity contribution >= 4 is 5.78 Å². The van der Waals surface area contributed by atoms with E-state index in [1.807, 2.05) is 0 Å². The molecule has 8 rings (SSSR count). The summed E-state index contributed by atoms with van der Waals surface area (Å²) in [6.45, 7) is 19.0. The fourth-order valence-electron chi connectivity index (χ4n) is 13.7. The first-order chi connectivity index (χ1) is 22.3. The van der Waals surface area contributed by atoms with Crippen molar-refractivity contribution in [3.8, 4) is 17.2 Å². The van der Waals surface area contributed by atoms with E-state index in [-0.39, 0.29) is 50.8 Å². The van der Waals surface area contributed by atoms with Gasteiger partial charge in [-0.25, -0.2) is 0 Å². The van der Waals surface area contributed by atoms with Gasteiger partial charge in [-0.05, 0) is 105 Å². The van der Waals surface area contributed by atoms with Crippen molar-refractivity contribution in [3.05, 3.63) is 52.5 Å². The number of phenols is 2. The van der Waals surface area contributed by atoms with Gasteiger partial charge >= 0.3 is 0 Å². The average molecular weight is 657 g/mol. The van der Waals surface area contributed by atoms with Crippen molar-refractivity contribution in [2.24, 2.45) is 45.3 Å². The molecule has 0 amide bonds. The second-order valence-electron chi connectivity index (χ2n) is 19.2. The number of rotatable bonds is 1. The molecule has 6 heteroatoms. The molecule has 4 saturated carbocycles. The van der Waals surface area contributed by atoms with Gasteiger partial charge in [0.1, 0.15) is 22.7 Å². The van der Waals surface area contributed by atoms with Crippen LogP contribution in [0.2, 0.25) is 0 Å². The molecule has 4 fully saturated rings. The second-order valence-corrected chi connectivity index (χ2v) is 19.2. The van der Waals surface area contributed by atoms with Gasteiger partial charge < -0.3 is 24.8 Å². The minimum absolute atomic E-state index is 0.0108. The third-order valence-electron chi connectivity index (χ3n) is 15.6. The number of aromatic hydroxyl groups is 2. The molecule has 2 aliphatic heterocycles. The molecule has 0 spiro atoms. The molecular formula is C42H56O6. The quantitative estimate of drug-likeness (QED) is 0.261. The summed E-state index contributed by atoms with van der Waals surface area (Å²) in [5.41, 5.74) is 1.30. The van der Waals surface area contributed by atoms with E-state index in [1.165, 1.54) is 31.4 Å². The van der Waals surface area contributed by atoms with Crippen molar-refractivity contribution in [1.82, 2.24) is 0 Å². The number of phenolic OH excluding ortho intramolecular Hbond substituents is 2. The number of hydrogen-bond acceptors (Lipinski definition) is 6. The average Bonchev–Trinajstić information content (AvgIpc) is 2.96. The number of aliphatic hydroxyl groups is 1. The molecule has 0 saturated heterocycles. The topological polar surface area (TPSA) is 96.2 Å². The molecule has 0 radical (unpaired) electrons. The highest BCUT2D eigenvalue weighted by molar-refractivity contribution is 6.06. The van der Waals surface area contributed by atoms with Crippen LogP contribution >= 0.6 is 0 Å². The van der Waals surface area contributed by atoms with Crippen molar-refractivity contribution in [2.45, 2.75) is 137 Å². The van der Waals surface area contributed by atoms with Crippen molar-refractivity contribution in [3.63, 3.8) is 0 Å². The molecule has 7 aliphatic rings. The molecule has 260 valence electrons. The number of hydrogen-bond donors (Lipinski definition) is 3. The van der Waals surface area contributed by atoms with Gasteiger partial charge in [0, 0.05) is 46.6 Å². The first-order valence-electron chi connectivity index (χ1n) is 18.7. The predicted molar refractivity (Wildman–Crippen MR) is 186 cm³/mol. The van der Waals surface area contributed by atoms with Crippen LogP contribution < -0.4 is 4.74 Å². The summed E-state index contributed by atoms with van der Waals surface area (Å²) in [5, 5.41) is 33.8. The zero-order valence-corrected chi connectivity index (χ0v) is 30.3. The van der Waals surface area contributed by atoms with Crippen LogP contribution in [-0.4, -0.2) is 32.3 Å². The highest BCUT2D eigenvalue weighted by Crippen LogP contribution is 2.71. The van der Waals surface area contributed by atoms with Crippen molar-refractivity contribution < 1.29 is 29.6 Å². The Kier molecular flexibility index (Phi) is 6.65. The van der Waals surface area contributed by atoms with Gasteiger partial charge in [0.25, 0.3) is 0 Å². The molecule has 48 heavy (non-hydrogen) atoms. The largest absolute Gasteiger partial charge is 0.504 e. The third-order valence-corrected chi connectivity index (χ3v) is 15.6. The van der Waals surface area contributed by atoms with Crippen LogP contribution in [0.3, 0.4) is 0 Å². The van der Waals surface area contributed by atoms with Crippen molar-refractivity contribution in [2.75, 3.05) is 0 Å². The van der Waals surface area contributed by atoms with Gasteiger partial charge in [-0.1, -0.05) is 60.5 Å². The SMILES string of the molecule is CC1(C)CCCC2(C)C1CCC1(C)OC3=CC(=O)C(O)=C(C4c5cc(O)c(O)cc5OC5(C)CCC6C(C)(C)CCCC6(C)C45)C3=CC12. The molecule has 9 unspecified atom stereocenters. The maximum atomic E-state index is 13.9. The normalized spacial score (nSPS) is 43.8. The lowest BCUT2D eigenvalue weighted by Gasteiger charge is -2.65. The summed E-state index contributed by atoms with van der Waals surface area (Å²) in [5.74, 6) is 0.480. The lowest BCUT2D eigenvalue weighted by Crippen LogP contribution is -2.63. The molecule has 5 aliphatic carbocycles. The third kappa shape index (κ3) is 4.19. The van der Waals surface area contributed by atoms with E-state index in [0.717, 1.165) is 56.1 Å². The van der Waals surface area contributed by atoms with Crippen LogP contribution in [0.15, 0.2) is 46.9 Å². The predicted octanol–water partition coefficient (Wildman–Crippen LogP) is 9.81. The van der Waals surface area contributed by atoms with E-state index in [9.17, 15) is 20.1 Å².